The smallest absolute Gasteiger partial charge is 0.410 e. The molecule has 1 N–H and O–H groups in total. The molecule has 0 radical (unpaired) electrons. The fraction of sp³-hybridized carbons (Fsp3) is 0.524. The van der Waals surface area contributed by atoms with Gasteiger partial charge in [-0.2, -0.15) is 0 Å². The minimum Gasteiger partial charge on any atom is -0.467 e. The molecule has 0 aromatic heterocycles. The predicted octanol–water partition coefficient (Wildman–Crippen LogP) is 7.28. The first-order valence-electron chi connectivity index (χ1n) is 18.6. The number of rotatable bonds is 14. The van der Waals surface area contributed by atoms with Gasteiger partial charge in [0.1, 0.15) is 25.3 Å². The van der Waals surface area contributed by atoms with Gasteiger partial charge in [0, 0.05) is 30.5 Å². The standard InChI is InChI=1S/C24H37NO5Si.C18H23NO5/c1-8-14-24(18-30-31(6,7)23(2,3)4)15-16-25(20(24)21(26)28-5)22(27)29-17-19-12-10-9-11-13-19;1-3-9-18(13-20)10-11-19(15(18)16(21)23-2)17(22)24-12-14-7-5-4-6-8-14/h8-13,20H,1,14-18H2,2-7H3;3-8,15,20H,1,9-13H2,2H3/t20-,24-;15-,18-/m11/s1. The van der Waals surface area contributed by atoms with Crippen LogP contribution in [0.1, 0.15) is 57.6 Å². The average molecular weight is 781 g/mol. The SMILES string of the molecule is C=CC[C@]1(CO)CCN(C(=O)OCc2ccccc2)[C@@H]1C(=O)OC.C=CC[C@]1(CO[Si](C)(C)C(C)(C)C)CCN(C(=O)OCc2ccccc2)[C@@H]1C(=O)OC. The Morgan fingerprint density at radius 2 is 1.16 bits per heavy atom. The number of carbonyl (C=O) groups excluding carboxylic acids is 4. The van der Waals surface area contributed by atoms with E-state index in [1.807, 2.05) is 60.7 Å². The molecule has 13 heteroatoms. The molecule has 12 nitrogen and oxygen atoms in total. The van der Waals surface area contributed by atoms with Crippen molar-refractivity contribution in [3.63, 3.8) is 0 Å². The second-order valence-electron chi connectivity index (χ2n) is 15.7. The Kier molecular flexibility index (Phi) is 16.3. The summed E-state index contributed by atoms with van der Waals surface area (Å²) in [5, 5.41) is 9.87. The molecule has 0 aliphatic carbocycles. The first-order valence-corrected chi connectivity index (χ1v) is 21.5. The molecule has 0 unspecified atom stereocenters. The lowest BCUT2D eigenvalue weighted by atomic mass is 9.78. The topological polar surface area (TPSA) is 141 Å². The molecule has 2 aliphatic rings. The van der Waals surface area contributed by atoms with Crippen molar-refractivity contribution >= 4 is 32.4 Å². The van der Waals surface area contributed by atoms with Gasteiger partial charge in [-0.1, -0.05) is 93.6 Å². The molecule has 302 valence electrons. The van der Waals surface area contributed by atoms with Crippen molar-refractivity contribution in [1.82, 2.24) is 9.80 Å². The van der Waals surface area contributed by atoms with Gasteiger partial charge in [-0.25, -0.2) is 19.2 Å². The molecule has 4 rings (SSSR count). The van der Waals surface area contributed by atoms with Crippen LogP contribution in [0.2, 0.25) is 18.1 Å². The predicted molar refractivity (Wildman–Crippen MR) is 212 cm³/mol. The maximum absolute atomic E-state index is 12.9. The van der Waals surface area contributed by atoms with E-state index in [1.165, 1.54) is 24.0 Å². The van der Waals surface area contributed by atoms with E-state index in [4.69, 9.17) is 23.4 Å². The number of carbonyl (C=O) groups is 4. The van der Waals surface area contributed by atoms with E-state index < -0.39 is 55.4 Å². The summed E-state index contributed by atoms with van der Waals surface area (Å²) in [6.45, 7) is 19.6. The Hall–Kier alpha value is -4.46. The third-order valence-electron chi connectivity index (χ3n) is 11.2. The Morgan fingerprint density at radius 3 is 1.55 bits per heavy atom. The molecule has 55 heavy (non-hydrogen) atoms. The molecule has 2 saturated heterocycles. The Bertz CT molecular complexity index is 1600. The molecule has 2 aromatic rings. The number of aliphatic hydroxyl groups is 1. The van der Waals surface area contributed by atoms with Crippen molar-refractivity contribution in [2.24, 2.45) is 10.8 Å². The second-order valence-corrected chi connectivity index (χ2v) is 20.5. The monoisotopic (exact) mass is 780 g/mol. The molecule has 2 aliphatic heterocycles. The molecule has 0 bridgehead atoms. The minimum absolute atomic E-state index is 0.0377. The summed E-state index contributed by atoms with van der Waals surface area (Å²) in [6.07, 6.45) is 4.39. The van der Waals surface area contributed by atoms with Crippen LogP contribution in [0, 0.1) is 10.8 Å². The maximum Gasteiger partial charge on any atom is 0.410 e. The van der Waals surface area contributed by atoms with Crippen molar-refractivity contribution in [3.05, 3.63) is 97.1 Å². The Balaban J connectivity index is 0.000000305. The maximum atomic E-state index is 12.9. The lowest BCUT2D eigenvalue weighted by molar-refractivity contribution is -0.150. The van der Waals surface area contributed by atoms with Gasteiger partial charge in [0.05, 0.1) is 20.8 Å². The van der Waals surface area contributed by atoms with Gasteiger partial charge in [-0.3, -0.25) is 9.80 Å². The van der Waals surface area contributed by atoms with Crippen molar-refractivity contribution < 1.29 is 47.7 Å². The number of likely N-dealkylation sites (tertiary alicyclic amines) is 2. The normalized spacial score (nSPS) is 22.2. The van der Waals surface area contributed by atoms with Gasteiger partial charge in [0.15, 0.2) is 8.32 Å². The summed E-state index contributed by atoms with van der Waals surface area (Å²) < 4.78 is 27.3. The summed E-state index contributed by atoms with van der Waals surface area (Å²) >= 11 is 0. The number of methoxy groups -OCH3 is 2. The first kappa shape index (κ1) is 44.9. The lowest BCUT2D eigenvalue weighted by Crippen LogP contribution is -2.52. The zero-order valence-corrected chi connectivity index (χ0v) is 34.6. The van der Waals surface area contributed by atoms with E-state index in [1.54, 1.807) is 12.2 Å². The summed E-state index contributed by atoms with van der Waals surface area (Å²) in [6, 6.07) is 17.1. The van der Waals surface area contributed by atoms with Gasteiger partial charge >= 0.3 is 24.1 Å². The average Bonchev–Trinajstić information content (AvgIpc) is 3.75. The van der Waals surface area contributed by atoms with E-state index in [9.17, 15) is 24.3 Å². The summed E-state index contributed by atoms with van der Waals surface area (Å²) in [7, 11) is 0.564. The molecular formula is C42H60N2O10Si. The number of esters is 2. The lowest BCUT2D eigenvalue weighted by Gasteiger charge is -2.41. The van der Waals surface area contributed by atoms with Gasteiger partial charge in [-0.15, -0.1) is 13.2 Å². The van der Waals surface area contributed by atoms with Crippen molar-refractivity contribution in [3.8, 4) is 0 Å². The number of hydrogen-bond acceptors (Lipinski definition) is 10. The van der Waals surface area contributed by atoms with Crippen LogP contribution >= 0.6 is 0 Å². The van der Waals surface area contributed by atoms with Gasteiger partial charge in [-0.05, 0) is 54.9 Å². The van der Waals surface area contributed by atoms with Crippen LogP contribution in [0.25, 0.3) is 0 Å². The van der Waals surface area contributed by atoms with Crippen LogP contribution in [0.3, 0.4) is 0 Å². The van der Waals surface area contributed by atoms with Crippen molar-refractivity contribution in [1.29, 1.82) is 0 Å². The number of allylic oxidation sites excluding steroid dienone is 2. The van der Waals surface area contributed by atoms with Crippen LogP contribution in [0.5, 0.6) is 0 Å². The zero-order valence-electron chi connectivity index (χ0n) is 33.6. The molecule has 2 amide bonds. The number of amides is 2. The van der Waals surface area contributed by atoms with Crippen LogP contribution < -0.4 is 0 Å². The molecule has 2 heterocycles. The summed E-state index contributed by atoms with van der Waals surface area (Å²) in [5.41, 5.74) is 0.388. The highest BCUT2D eigenvalue weighted by Crippen LogP contribution is 2.45. The second kappa shape index (κ2) is 19.9. The van der Waals surface area contributed by atoms with E-state index in [0.29, 0.717) is 45.4 Å². The number of ether oxygens (including phenoxy) is 4. The van der Waals surface area contributed by atoms with Crippen LogP contribution in [0.4, 0.5) is 9.59 Å². The van der Waals surface area contributed by atoms with Crippen LogP contribution in [-0.4, -0.2) is 100.0 Å². The largest absolute Gasteiger partial charge is 0.467 e. The zero-order chi connectivity index (χ0) is 40.9. The van der Waals surface area contributed by atoms with E-state index >= 15 is 0 Å². The van der Waals surface area contributed by atoms with E-state index in [-0.39, 0.29) is 24.9 Å². The molecule has 0 spiro atoms. The highest BCUT2D eigenvalue weighted by atomic mass is 28.4. The number of hydrogen-bond donors (Lipinski definition) is 1. The van der Waals surface area contributed by atoms with Crippen LogP contribution in [0.15, 0.2) is 86.0 Å². The minimum atomic E-state index is -2.05. The Labute approximate surface area is 327 Å². The van der Waals surface area contributed by atoms with Gasteiger partial charge < -0.3 is 28.5 Å². The Morgan fingerprint density at radius 1 is 0.764 bits per heavy atom. The number of nitrogens with zero attached hydrogens (tertiary/aromatic N) is 2. The van der Waals surface area contributed by atoms with Gasteiger partial charge in [0.2, 0.25) is 0 Å². The highest BCUT2D eigenvalue weighted by Gasteiger charge is 2.55. The summed E-state index contributed by atoms with van der Waals surface area (Å²) in [5.74, 6) is -1.00. The quantitative estimate of drug-likeness (QED) is 0.0900. The third-order valence-corrected chi connectivity index (χ3v) is 15.6. The van der Waals surface area contributed by atoms with Crippen molar-refractivity contribution in [2.75, 3.05) is 40.5 Å². The molecule has 2 fully saturated rings. The van der Waals surface area contributed by atoms with Crippen molar-refractivity contribution in [2.45, 2.75) is 89.9 Å². The molecule has 0 saturated carbocycles. The summed E-state index contributed by atoms with van der Waals surface area (Å²) in [4.78, 5) is 53.3. The molecule has 2 aromatic carbocycles. The molecule has 4 atom stereocenters. The number of benzene rings is 2. The van der Waals surface area contributed by atoms with Crippen LogP contribution in [-0.2, 0) is 46.2 Å². The number of aliphatic hydroxyl groups excluding tert-OH is 1. The highest BCUT2D eigenvalue weighted by molar-refractivity contribution is 6.74. The van der Waals surface area contributed by atoms with E-state index in [2.05, 4.69) is 47.0 Å². The fourth-order valence-electron chi connectivity index (χ4n) is 6.84. The molecular weight excluding hydrogens is 721 g/mol. The fourth-order valence-corrected chi connectivity index (χ4v) is 7.92. The van der Waals surface area contributed by atoms with E-state index in [0.717, 1.165) is 11.1 Å². The first-order chi connectivity index (χ1) is 26.0. The third kappa shape index (κ3) is 11.1. The van der Waals surface area contributed by atoms with Gasteiger partial charge in [0.25, 0.3) is 0 Å².